The molecule has 0 bridgehead atoms. The number of hydrogen-bond acceptors (Lipinski definition) is 7. The molecule has 3 aromatic rings. The van der Waals surface area contributed by atoms with E-state index in [1.165, 1.54) is 23.3 Å². The molecule has 2 aromatic heterocycles. The van der Waals surface area contributed by atoms with Gasteiger partial charge in [0, 0.05) is 10.8 Å². The summed E-state index contributed by atoms with van der Waals surface area (Å²) in [6, 6.07) is 7.70. The van der Waals surface area contributed by atoms with Gasteiger partial charge >= 0.3 is 0 Å². The van der Waals surface area contributed by atoms with E-state index in [2.05, 4.69) is 19.8 Å². The minimum absolute atomic E-state index is 0.458. The zero-order valence-corrected chi connectivity index (χ0v) is 12.8. The molecular formula is C12H9ClN4OS2. The van der Waals surface area contributed by atoms with E-state index >= 15 is 0 Å². The van der Waals surface area contributed by atoms with Crippen molar-refractivity contribution in [3.8, 4) is 10.8 Å². The van der Waals surface area contributed by atoms with E-state index in [4.69, 9.17) is 16.0 Å². The van der Waals surface area contributed by atoms with Gasteiger partial charge in [0.15, 0.2) is 0 Å². The van der Waals surface area contributed by atoms with E-state index in [0.29, 0.717) is 16.9 Å². The number of rotatable bonds is 4. The molecule has 3 rings (SSSR count). The van der Waals surface area contributed by atoms with Gasteiger partial charge in [-0.1, -0.05) is 46.1 Å². The quantitative estimate of drug-likeness (QED) is 0.679. The Morgan fingerprint density at radius 3 is 2.85 bits per heavy atom. The fraction of sp³-hybridized carbons (Fsp3) is 0.167. The summed E-state index contributed by atoms with van der Waals surface area (Å²) in [4.78, 5) is 0.807. The maximum atomic E-state index is 6.10. The Bertz CT molecular complexity index is 728. The molecule has 0 amide bonds. The zero-order valence-electron chi connectivity index (χ0n) is 10.4. The van der Waals surface area contributed by atoms with Crippen LogP contribution in [0.5, 0.6) is 0 Å². The van der Waals surface area contributed by atoms with Crippen molar-refractivity contribution in [1.82, 2.24) is 19.8 Å². The molecule has 0 aliphatic heterocycles. The number of aromatic nitrogens is 4. The topological polar surface area (TPSA) is 64.7 Å². The molecule has 0 aliphatic carbocycles. The highest BCUT2D eigenvalue weighted by Gasteiger charge is 2.14. The van der Waals surface area contributed by atoms with Crippen molar-refractivity contribution in [1.29, 1.82) is 0 Å². The van der Waals surface area contributed by atoms with Crippen LogP contribution in [-0.2, 0) is 5.75 Å². The smallest absolute Gasteiger partial charge is 0.277 e. The molecule has 0 spiro atoms. The highest BCUT2D eigenvalue weighted by Crippen LogP contribution is 2.29. The molecule has 1 aromatic carbocycles. The molecule has 0 unspecified atom stereocenters. The van der Waals surface area contributed by atoms with Crippen molar-refractivity contribution in [2.24, 2.45) is 0 Å². The third-order valence-corrected chi connectivity index (χ3v) is 4.61. The third-order valence-electron chi connectivity index (χ3n) is 2.56. The maximum absolute atomic E-state index is 6.10. The molecule has 102 valence electrons. The van der Waals surface area contributed by atoms with Crippen molar-refractivity contribution in [2.45, 2.75) is 17.9 Å². The average molecular weight is 325 g/mol. The Balaban J connectivity index is 1.72. The average Bonchev–Trinajstić information content (AvgIpc) is 3.06. The molecule has 0 saturated heterocycles. The van der Waals surface area contributed by atoms with Gasteiger partial charge in [-0.05, 0) is 30.1 Å². The molecular weight excluding hydrogens is 316 g/mol. The Morgan fingerprint density at radius 1 is 1.25 bits per heavy atom. The summed E-state index contributed by atoms with van der Waals surface area (Å²) in [5.74, 6) is 1.14. The Hall–Kier alpha value is -1.44. The van der Waals surface area contributed by atoms with E-state index in [9.17, 15) is 0 Å². The molecule has 20 heavy (non-hydrogen) atoms. The number of aryl methyl sites for hydroxylation is 1. The second-order valence-electron chi connectivity index (χ2n) is 3.94. The molecule has 0 aliphatic rings. The number of nitrogens with zero attached hydrogens (tertiary/aromatic N) is 4. The van der Waals surface area contributed by atoms with Crippen molar-refractivity contribution < 1.29 is 4.42 Å². The Kier molecular flexibility index (Phi) is 4.00. The number of benzene rings is 1. The van der Waals surface area contributed by atoms with E-state index < -0.39 is 0 Å². The minimum atomic E-state index is 0.458. The molecule has 0 N–H and O–H groups in total. The lowest BCUT2D eigenvalue weighted by atomic mass is 10.2. The highest BCUT2D eigenvalue weighted by molar-refractivity contribution is 7.98. The summed E-state index contributed by atoms with van der Waals surface area (Å²) in [7, 11) is 0. The first-order valence-corrected chi connectivity index (χ1v) is 7.87. The first kappa shape index (κ1) is 13.5. The van der Waals surface area contributed by atoms with Gasteiger partial charge in [0.2, 0.25) is 0 Å². The van der Waals surface area contributed by atoms with E-state index in [0.717, 1.165) is 21.2 Å². The number of halogens is 1. The summed E-state index contributed by atoms with van der Waals surface area (Å²) in [6.45, 7) is 1.86. The molecule has 0 fully saturated rings. The van der Waals surface area contributed by atoms with Gasteiger partial charge in [-0.3, -0.25) is 0 Å². The zero-order chi connectivity index (χ0) is 13.9. The summed E-state index contributed by atoms with van der Waals surface area (Å²) in [5, 5.41) is 13.2. The van der Waals surface area contributed by atoms with Crippen molar-refractivity contribution in [3.05, 3.63) is 40.5 Å². The summed E-state index contributed by atoms with van der Waals surface area (Å²) in [6.07, 6.45) is 0. The van der Waals surface area contributed by atoms with E-state index in [1.807, 2.05) is 31.2 Å². The molecule has 0 atom stereocenters. The fourth-order valence-electron chi connectivity index (χ4n) is 1.54. The third kappa shape index (κ3) is 2.84. The van der Waals surface area contributed by atoms with Crippen LogP contribution in [-0.4, -0.2) is 19.8 Å². The monoisotopic (exact) mass is 324 g/mol. The van der Waals surface area contributed by atoms with Crippen LogP contribution in [0.25, 0.3) is 10.8 Å². The van der Waals surface area contributed by atoms with Gasteiger partial charge in [0.05, 0.1) is 5.69 Å². The lowest BCUT2D eigenvalue weighted by Gasteiger charge is -2.00. The summed E-state index contributed by atoms with van der Waals surface area (Å²) in [5.41, 5.74) is 1.83. The molecule has 0 saturated carbocycles. The van der Waals surface area contributed by atoms with Crippen LogP contribution in [0.3, 0.4) is 0 Å². The number of thioether (sulfide) groups is 1. The van der Waals surface area contributed by atoms with Gasteiger partial charge in [-0.15, -0.1) is 15.3 Å². The van der Waals surface area contributed by atoms with Gasteiger partial charge in [-0.2, -0.15) is 0 Å². The standard InChI is InChI=1S/C12H9ClN4OS2/c1-7-10(20-17-14-7)11-15-16-12(18-11)19-6-8-4-2-3-5-9(8)13/h2-5H,6H2,1H3. The van der Waals surface area contributed by atoms with Crippen LogP contribution < -0.4 is 0 Å². The summed E-state index contributed by atoms with van der Waals surface area (Å²) >= 11 is 8.80. The molecule has 8 heteroatoms. The molecule has 5 nitrogen and oxygen atoms in total. The maximum Gasteiger partial charge on any atom is 0.277 e. The van der Waals surface area contributed by atoms with Gasteiger partial charge in [-0.25, -0.2) is 0 Å². The number of hydrogen-bond donors (Lipinski definition) is 0. The second-order valence-corrected chi connectivity index (χ2v) is 6.03. The van der Waals surface area contributed by atoms with Gasteiger partial charge in [0.1, 0.15) is 4.88 Å². The molecule has 2 heterocycles. The van der Waals surface area contributed by atoms with Crippen LogP contribution in [0.15, 0.2) is 33.9 Å². The largest absolute Gasteiger partial charge is 0.410 e. The Labute approximate surface area is 128 Å². The lowest BCUT2D eigenvalue weighted by molar-refractivity contribution is 0.466. The van der Waals surface area contributed by atoms with Crippen molar-refractivity contribution in [3.63, 3.8) is 0 Å². The van der Waals surface area contributed by atoms with Crippen LogP contribution in [0, 0.1) is 6.92 Å². The van der Waals surface area contributed by atoms with Crippen LogP contribution in [0.2, 0.25) is 5.02 Å². The van der Waals surface area contributed by atoms with Crippen molar-refractivity contribution in [2.75, 3.05) is 0 Å². The van der Waals surface area contributed by atoms with Crippen LogP contribution in [0.1, 0.15) is 11.3 Å². The first-order valence-electron chi connectivity index (χ1n) is 5.73. The summed E-state index contributed by atoms with van der Waals surface area (Å²) < 4.78 is 9.45. The van der Waals surface area contributed by atoms with Crippen molar-refractivity contribution >= 4 is 34.9 Å². The van der Waals surface area contributed by atoms with Crippen LogP contribution in [0.4, 0.5) is 0 Å². The first-order chi connectivity index (χ1) is 9.74. The fourth-order valence-corrected chi connectivity index (χ4v) is 3.17. The predicted octanol–water partition coefficient (Wildman–Crippen LogP) is 3.84. The second kappa shape index (κ2) is 5.90. The highest BCUT2D eigenvalue weighted by atomic mass is 35.5. The lowest BCUT2D eigenvalue weighted by Crippen LogP contribution is -1.81. The van der Waals surface area contributed by atoms with Crippen LogP contribution >= 0.6 is 34.9 Å². The minimum Gasteiger partial charge on any atom is -0.410 e. The predicted molar refractivity (Wildman–Crippen MR) is 79.0 cm³/mol. The van der Waals surface area contributed by atoms with E-state index in [-0.39, 0.29) is 0 Å². The van der Waals surface area contributed by atoms with Gasteiger partial charge < -0.3 is 4.42 Å². The molecule has 0 radical (unpaired) electrons. The Morgan fingerprint density at radius 2 is 2.10 bits per heavy atom. The van der Waals surface area contributed by atoms with Gasteiger partial charge in [0.25, 0.3) is 11.1 Å². The van der Waals surface area contributed by atoms with E-state index in [1.54, 1.807) is 0 Å². The SMILES string of the molecule is Cc1nnsc1-c1nnc(SCc2ccccc2Cl)o1. The normalized spacial score (nSPS) is 10.9.